The third-order valence-electron chi connectivity index (χ3n) is 8.80. The van der Waals surface area contributed by atoms with Gasteiger partial charge in [-0.1, -0.05) is 61.0 Å². The smallest absolute Gasteiger partial charge is 0.328 e. The van der Waals surface area contributed by atoms with E-state index in [1.54, 1.807) is 29.9 Å². The van der Waals surface area contributed by atoms with Crippen LogP contribution in [0.2, 0.25) is 0 Å². The van der Waals surface area contributed by atoms with Crippen LogP contribution in [0.4, 0.5) is 4.79 Å². The number of carbonyl (C=O) groups excluding carboxylic acids is 3. The Morgan fingerprint density at radius 2 is 1.68 bits per heavy atom. The van der Waals surface area contributed by atoms with Gasteiger partial charge in [0.15, 0.2) is 5.82 Å². The SMILES string of the molecule is CCOC(=O)C1CCC=CCCCCCN(Cc2ccc(OC)cc2)C(=O)N2CC(Oc3cc(OC)nc(-c4ccccc4)n3)CC2C(=O)N1. The minimum atomic E-state index is -0.899. The fraction of sp³-hybridized carbons (Fsp3) is 0.447. The molecule has 1 saturated heterocycles. The van der Waals surface area contributed by atoms with E-state index in [1.165, 1.54) is 7.11 Å². The summed E-state index contributed by atoms with van der Waals surface area (Å²) in [4.78, 5) is 54.0. The molecule has 266 valence electrons. The van der Waals surface area contributed by atoms with Gasteiger partial charge in [-0.3, -0.25) is 4.79 Å². The predicted octanol–water partition coefficient (Wildman–Crippen LogP) is 5.56. The Labute approximate surface area is 293 Å². The highest BCUT2D eigenvalue weighted by molar-refractivity contribution is 5.91. The summed E-state index contributed by atoms with van der Waals surface area (Å²) in [5, 5.41) is 2.91. The summed E-state index contributed by atoms with van der Waals surface area (Å²) in [7, 11) is 3.13. The van der Waals surface area contributed by atoms with Crippen LogP contribution in [-0.2, 0) is 20.9 Å². The van der Waals surface area contributed by atoms with Crippen molar-refractivity contribution >= 4 is 17.9 Å². The summed E-state index contributed by atoms with van der Waals surface area (Å²) in [6.07, 6.45) is 8.40. The summed E-state index contributed by atoms with van der Waals surface area (Å²) >= 11 is 0. The Bertz CT molecular complexity index is 1600. The second kappa shape index (κ2) is 18.0. The lowest BCUT2D eigenvalue weighted by atomic mass is 10.1. The zero-order valence-electron chi connectivity index (χ0n) is 29.1. The van der Waals surface area contributed by atoms with E-state index in [0.717, 1.165) is 42.6 Å². The Morgan fingerprint density at radius 1 is 0.920 bits per heavy atom. The first-order chi connectivity index (χ1) is 24.4. The maximum absolute atomic E-state index is 14.5. The molecule has 0 aliphatic carbocycles. The van der Waals surface area contributed by atoms with Gasteiger partial charge in [0.05, 0.1) is 33.4 Å². The van der Waals surface area contributed by atoms with Crippen molar-refractivity contribution in [3.8, 4) is 28.9 Å². The molecule has 3 aromatic rings. The standard InChI is InChI=1S/C38H47N5O7/c1-4-49-37(45)31-17-13-8-6-5-7-9-14-22-42(25-27-18-20-29(47-2)21-19-27)38(46)43-26-30(23-32(43)36(44)39-31)50-34-24-33(48-3)40-35(41-34)28-15-11-10-12-16-28/h6,8,10-12,15-16,18-21,24,30-32H,4-5,7,9,13-14,17,22-23,25-26H2,1-3H3,(H,39,44). The van der Waals surface area contributed by atoms with Crippen molar-refractivity contribution < 1.29 is 33.3 Å². The van der Waals surface area contributed by atoms with E-state index in [-0.39, 0.29) is 31.5 Å². The van der Waals surface area contributed by atoms with Crippen LogP contribution in [0.25, 0.3) is 11.4 Å². The third-order valence-corrected chi connectivity index (χ3v) is 8.80. The highest BCUT2D eigenvalue weighted by atomic mass is 16.5. The maximum atomic E-state index is 14.5. The minimum Gasteiger partial charge on any atom is -0.497 e. The number of methoxy groups -OCH3 is 2. The van der Waals surface area contributed by atoms with Gasteiger partial charge in [0, 0.05) is 25.1 Å². The number of hydrogen-bond donors (Lipinski definition) is 1. The number of amides is 3. The van der Waals surface area contributed by atoms with E-state index in [0.29, 0.717) is 37.6 Å². The van der Waals surface area contributed by atoms with E-state index in [1.807, 2.05) is 54.6 Å². The van der Waals surface area contributed by atoms with Gasteiger partial charge in [-0.25, -0.2) is 9.59 Å². The van der Waals surface area contributed by atoms with Gasteiger partial charge >= 0.3 is 12.0 Å². The fourth-order valence-corrected chi connectivity index (χ4v) is 6.17. The molecule has 1 fully saturated rings. The Hall–Kier alpha value is -5.13. The number of benzene rings is 2. The van der Waals surface area contributed by atoms with Gasteiger partial charge in [0.1, 0.15) is 23.9 Å². The van der Waals surface area contributed by atoms with Gasteiger partial charge < -0.3 is 34.1 Å². The molecule has 50 heavy (non-hydrogen) atoms. The van der Waals surface area contributed by atoms with Crippen molar-refractivity contribution in [2.45, 2.75) is 76.6 Å². The van der Waals surface area contributed by atoms with Crippen LogP contribution >= 0.6 is 0 Å². The van der Waals surface area contributed by atoms with E-state index in [2.05, 4.69) is 27.4 Å². The number of fused-ring (bicyclic) bond motifs is 1. The molecule has 1 aromatic heterocycles. The monoisotopic (exact) mass is 685 g/mol. The number of allylic oxidation sites excluding steroid dienone is 2. The molecule has 3 unspecified atom stereocenters. The quantitative estimate of drug-likeness (QED) is 0.227. The first kappa shape index (κ1) is 36.2. The van der Waals surface area contributed by atoms with E-state index in [4.69, 9.17) is 18.9 Å². The number of esters is 1. The maximum Gasteiger partial charge on any atom is 0.328 e. The Balaban J connectivity index is 1.45. The topological polar surface area (TPSA) is 132 Å². The number of carbonyl (C=O) groups is 3. The van der Waals surface area contributed by atoms with Gasteiger partial charge in [-0.2, -0.15) is 9.97 Å². The van der Waals surface area contributed by atoms with Crippen molar-refractivity contribution in [3.63, 3.8) is 0 Å². The lowest BCUT2D eigenvalue weighted by molar-refractivity contribution is -0.148. The van der Waals surface area contributed by atoms with Gasteiger partial charge in [-0.15, -0.1) is 0 Å². The molecule has 3 atom stereocenters. The normalized spacial score (nSPS) is 20.5. The Morgan fingerprint density at radius 3 is 2.42 bits per heavy atom. The van der Waals surface area contributed by atoms with Crippen LogP contribution in [0.5, 0.6) is 17.5 Å². The van der Waals surface area contributed by atoms with Crippen LogP contribution in [0.1, 0.15) is 57.4 Å². The van der Waals surface area contributed by atoms with Crippen molar-refractivity contribution in [1.82, 2.24) is 25.1 Å². The second-order valence-corrected chi connectivity index (χ2v) is 12.3. The van der Waals surface area contributed by atoms with Crippen LogP contribution in [0.3, 0.4) is 0 Å². The molecular formula is C38H47N5O7. The largest absolute Gasteiger partial charge is 0.497 e. The molecule has 5 rings (SSSR count). The Kier molecular flexibility index (Phi) is 13.0. The first-order valence-electron chi connectivity index (χ1n) is 17.3. The van der Waals surface area contributed by atoms with Crippen molar-refractivity contribution in [2.75, 3.05) is 33.9 Å². The van der Waals surface area contributed by atoms with Crippen LogP contribution < -0.4 is 19.5 Å². The minimum absolute atomic E-state index is 0.135. The molecule has 0 bridgehead atoms. The average molecular weight is 686 g/mol. The molecule has 0 saturated carbocycles. The van der Waals surface area contributed by atoms with E-state index in [9.17, 15) is 14.4 Å². The molecule has 1 N–H and O–H groups in total. The molecule has 2 aromatic carbocycles. The van der Waals surface area contributed by atoms with Gasteiger partial charge in [-0.05, 0) is 56.7 Å². The molecular weight excluding hydrogens is 638 g/mol. The fourth-order valence-electron chi connectivity index (χ4n) is 6.17. The summed E-state index contributed by atoms with van der Waals surface area (Å²) in [6.45, 7) is 2.93. The summed E-state index contributed by atoms with van der Waals surface area (Å²) in [5.74, 6) is 0.803. The van der Waals surface area contributed by atoms with E-state index < -0.39 is 30.1 Å². The average Bonchev–Trinajstić information content (AvgIpc) is 3.56. The van der Waals surface area contributed by atoms with Crippen molar-refractivity contribution in [3.05, 3.63) is 78.4 Å². The number of ether oxygens (including phenoxy) is 4. The number of aromatic nitrogens is 2. The summed E-state index contributed by atoms with van der Waals surface area (Å²) < 4.78 is 22.5. The number of nitrogens with one attached hydrogen (secondary N) is 1. The molecule has 0 spiro atoms. The summed E-state index contributed by atoms with van der Waals surface area (Å²) in [6, 6.07) is 16.6. The number of hydrogen-bond acceptors (Lipinski definition) is 9. The molecule has 0 radical (unpaired) electrons. The highest BCUT2D eigenvalue weighted by Crippen LogP contribution is 2.28. The second-order valence-electron chi connectivity index (χ2n) is 12.3. The van der Waals surface area contributed by atoms with Gasteiger partial charge in [0.2, 0.25) is 17.7 Å². The molecule has 3 amide bonds. The summed E-state index contributed by atoms with van der Waals surface area (Å²) in [5.41, 5.74) is 1.73. The molecule has 2 aliphatic rings. The van der Waals surface area contributed by atoms with Crippen LogP contribution in [0, 0.1) is 0 Å². The lowest BCUT2D eigenvalue weighted by Crippen LogP contribution is -2.53. The predicted molar refractivity (Wildman–Crippen MR) is 188 cm³/mol. The molecule has 12 heteroatoms. The number of rotatable bonds is 9. The number of nitrogens with zero attached hydrogens (tertiary/aromatic N) is 4. The molecule has 3 heterocycles. The van der Waals surface area contributed by atoms with Crippen LogP contribution in [0.15, 0.2) is 72.8 Å². The van der Waals surface area contributed by atoms with Gasteiger partial charge in [0.25, 0.3) is 0 Å². The third kappa shape index (κ3) is 9.73. The lowest BCUT2D eigenvalue weighted by Gasteiger charge is -2.32. The zero-order chi connectivity index (χ0) is 35.3. The molecule has 2 aliphatic heterocycles. The highest BCUT2D eigenvalue weighted by Gasteiger charge is 2.43. The number of urea groups is 1. The van der Waals surface area contributed by atoms with Crippen molar-refractivity contribution in [1.29, 1.82) is 0 Å². The molecule has 12 nitrogen and oxygen atoms in total. The van der Waals surface area contributed by atoms with E-state index >= 15 is 0 Å². The van der Waals surface area contributed by atoms with Crippen molar-refractivity contribution in [2.24, 2.45) is 0 Å². The zero-order valence-corrected chi connectivity index (χ0v) is 29.1. The van der Waals surface area contributed by atoms with Crippen LogP contribution in [-0.4, -0.2) is 89.8 Å². The first-order valence-corrected chi connectivity index (χ1v) is 17.3.